The SMILES string of the molecule is CC(C)c1nccn1CCCNC(=O)CN1CCCCCC1=O. The minimum atomic E-state index is -0.0602. The van der Waals surface area contributed by atoms with E-state index in [2.05, 4.69) is 28.7 Å². The van der Waals surface area contributed by atoms with Crippen molar-refractivity contribution in [2.24, 2.45) is 0 Å². The zero-order valence-electron chi connectivity index (χ0n) is 14.3. The van der Waals surface area contributed by atoms with Gasteiger partial charge in [-0.05, 0) is 19.3 Å². The summed E-state index contributed by atoms with van der Waals surface area (Å²) < 4.78 is 2.13. The second-order valence-electron chi connectivity index (χ2n) is 6.46. The average molecular weight is 320 g/mol. The van der Waals surface area contributed by atoms with Crippen molar-refractivity contribution in [1.82, 2.24) is 19.8 Å². The van der Waals surface area contributed by atoms with E-state index in [1.165, 1.54) is 0 Å². The molecule has 0 radical (unpaired) electrons. The summed E-state index contributed by atoms with van der Waals surface area (Å²) in [6.07, 6.45) is 8.25. The summed E-state index contributed by atoms with van der Waals surface area (Å²) in [6.45, 7) is 6.62. The number of aryl methyl sites for hydroxylation is 1. The first kappa shape index (κ1) is 17.5. The van der Waals surface area contributed by atoms with Crippen LogP contribution in [-0.2, 0) is 16.1 Å². The highest BCUT2D eigenvalue weighted by molar-refractivity contribution is 5.84. The minimum absolute atomic E-state index is 0.0602. The Labute approximate surface area is 138 Å². The van der Waals surface area contributed by atoms with Crippen LogP contribution in [0.5, 0.6) is 0 Å². The molecule has 0 aromatic carbocycles. The maximum Gasteiger partial charge on any atom is 0.239 e. The lowest BCUT2D eigenvalue weighted by atomic mass is 10.2. The van der Waals surface area contributed by atoms with Crippen molar-refractivity contribution in [3.05, 3.63) is 18.2 Å². The molecule has 6 nitrogen and oxygen atoms in total. The molecule has 0 unspecified atom stereocenters. The fourth-order valence-electron chi connectivity index (χ4n) is 2.92. The van der Waals surface area contributed by atoms with E-state index in [9.17, 15) is 9.59 Å². The zero-order valence-corrected chi connectivity index (χ0v) is 14.3. The van der Waals surface area contributed by atoms with Gasteiger partial charge in [-0.2, -0.15) is 0 Å². The molecule has 2 heterocycles. The highest BCUT2D eigenvalue weighted by atomic mass is 16.2. The molecule has 1 aliphatic rings. The van der Waals surface area contributed by atoms with Gasteiger partial charge in [0.05, 0.1) is 6.54 Å². The Morgan fingerprint density at radius 2 is 2.17 bits per heavy atom. The molecular weight excluding hydrogens is 292 g/mol. The monoisotopic (exact) mass is 320 g/mol. The fraction of sp³-hybridized carbons (Fsp3) is 0.706. The molecule has 1 N–H and O–H groups in total. The van der Waals surface area contributed by atoms with Crippen LogP contribution >= 0.6 is 0 Å². The van der Waals surface area contributed by atoms with E-state index in [1.807, 2.05) is 12.4 Å². The first-order valence-corrected chi connectivity index (χ1v) is 8.63. The predicted molar refractivity (Wildman–Crippen MR) is 89.0 cm³/mol. The summed E-state index contributed by atoms with van der Waals surface area (Å²) in [5, 5.41) is 2.92. The number of rotatable bonds is 7. The van der Waals surface area contributed by atoms with Gasteiger partial charge in [-0.3, -0.25) is 9.59 Å². The van der Waals surface area contributed by atoms with E-state index in [0.29, 0.717) is 25.4 Å². The van der Waals surface area contributed by atoms with Gasteiger partial charge in [-0.25, -0.2) is 4.98 Å². The van der Waals surface area contributed by atoms with Crippen molar-refractivity contribution in [2.75, 3.05) is 19.6 Å². The molecule has 1 aromatic rings. The van der Waals surface area contributed by atoms with Crippen LogP contribution in [0.1, 0.15) is 57.7 Å². The Balaban J connectivity index is 1.68. The average Bonchev–Trinajstić information content (AvgIpc) is 2.89. The first-order chi connectivity index (χ1) is 11.1. The van der Waals surface area contributed by atoms with Gasteiger partial charge in [0.15, 0.2) is 0 Å². The molecule has 0 saturated carbocycles. The van der Waals surface area contributed by atoms with Crippen molar-refractivity contribution < 1.29 is 9.59 Å². The Bertz CT molecular complexity index is 524. The maximum absolute atomic E-state index is 12.0. The Morgan fingerprint density at radius 1 is 1.35 bits per heavy atom. The zero-order chi connectivity index (χ0) is 16.7. The molecule has 2 amide bonds. The molecule has 1 aromatic heterocycles. The number of aromatic nitrogens is 2. The van der Waals surface area contributed by atoms with E-state index in [-0.39, 0.29) is 18.4 Å². The van der Waals surface area contributed by atoms with Gasteiger partial charge in [-0.15, -0.1) is 0 Å². The van der Waals surface area contributed by atoms with E-state index in [0.717, 1.165) is 38.1 Å². The molecule has 1 fully saturated rings. The number of carbonyl (C=O) groups excluding carboxylic acids is 2. The van der Waals surface area contributed by atoms with Gasteiger partial charge in [0.2, 0.25) is 11.8 Å². The van der Waals surface area contributed by atoms with Gasteiger partial charge < -0.3 is 14.8 Å². The van der Waals surface area contributed by atoms with Gasteiger partial charge in [-0.1, -0.05) is 20.3 Å². The number of imidazole rings is 1. The molecule has 0 bridgehead atoms. The van der Waals surface area contributed by atoms with Crippen LogP contribution in [0.4, 0.5) is 0 Å². The number of nitrogens with zero attached hydrogens (tertiary/aromatic N) is 3. The van der Waals surface area contributed by atoms with Gasteiger partial charge in [0.1, 0.15) is 5.82 Å². The number of amides is 2. The lowest BCUT2D eigenvalue weighted by molar-refractivity contribution is -0.135. The number of carbonyl (C=O) groups is 2. The molecular formula is C17H28N4O2. The van der Waals surface area contributed by atoms with Crippen molar-refractivity contribution in [1.29, 1.82) is 0 Å². The molecule has 128 valence electrons. The van der Waals surface area contributed by atoms with Gasteiger partial charge >= 0.3 is 0 Å². The summed E-state index contributed by atoms with van der Waals surface area (Å²) in [7, 11) is 0. The Kier molecular flexibility index (Phi) is 6.62. The summed E-state index contributed by atoms with van der Waals surface area (Å²) in [6, 6.07) is 0. The van der Waals surface area contributed by atoms with Crippen molar-refractivity contribution in [3.63, 3.8) is 0 Å². The number of hydrogen-bond acceptors (Lipinski definition) is 3. The number of hydrogen-bond donors (Lipinski definition) is 1. The molecule has 1 aliphatic heterocycles. The predicted octanol–water partition coefficient (Wildman–Crippen LogP) is 1.92. The van der Waals surface area contributed by atoms with Crippen LogP contribution in [0.2, 0.25) is 0 Å². The van der Waals surface area contributed by atoms with E-state index in [1.54, 1.807) is 4.90 Å². The Morgan fingerprint density at radius 3 is 2.96 bits per heavy atom. The van der Waals surface area contributed by atoms with Crippen LogP contribution in [0.15, 0.2) is 12.4 Å². The van der Waals surface area contributed by atoms with E-state index < -0.39 is 0 Å². The summed E-state index contributed by atoms with van der Waals surface area (Å²) in [5.74, 6) is 1.52. The van der Waals surface area contributed by atoms with Crippen LogP contribution in [0, 0.1) is 0 Å². The quantitative estimate of drug-likeness (QED) is 0.781. The summed E-state index contributed by atoms with van der Waals surface area (Å²) >= 11 is 0. The second kappa shape index (κ2) is 8.70. The largest absolute Gasteiger partial charge is 0.354 e. The lowest BCUT2D eigenvalue weighted by Crippen LogP contribution is -2.40. The van der Waals surface area contributed by atoms with Gasteiger partial charge in [0.25, 0.3) is 0 Å². The molecule has 0 atom stereocenters. The van der Waals surface area contributed by atoms with E-state index in [4.69, 9.17) is 0 Å². The van der Waals surface area contributed by atoms with Crippen molar-refractivity contribution in [3.8, 4) is 0 Å². The number of likely N-dealkylation sites (tertiary alicyclic amines) is 1. The second-order valence-corrected chi connectivity index (χ2v) is 6.46. The lowest BCUT2D eigenvalue weighted by Gasteiger charge is -2.19. The fourth-order valence-corrected chi connectivity index (χ4v) is 2.92. The van der Waals surface area contributed by atoms with Crippen LogP contribution in [0.25, 0.3) is 0 Å². The van der Waals surface area contributed by atoms with Crippen molar-refractivity contribution in [2.45, 2.75) is 58.4 Å². The van der Waals surface area contributed by atoms with E-state index >= 15 is 0 Å². The Hall–Kier alpha value is -1.85. The highest BCUT2D eigenvalue weighted by Crippen LogP contribution is 2.12. The van der Waals surface area contributed by atoms with Crippen LogP contribution in [0.3, 0.4) is 0 Å². The molecule has 0 spiro atoms. The highest BCUT2D eigenvalue weighted by Gasteiger charge is 2.18. The first-order valence-electron chi connectivity index (χ1n) is 8.63. The molecule has 1 saturated heterocycles. The third kappa shape index (κ3) is 5.37. The molecule has 6 heteroatoms. The third-order valence-corrected chi connectivity index (χ3v) is 4.17. The van der Waals surface area contributed by atoms with Crippen LogP contribution in [-0.4, -0.2) is 45.9 Å². The minimum Gasteiger partial charge on any atom is -0.354 e. The van der Waals surface area contributed by atoms with Crippen LogP contribution < -0.4 is 5.32 Å². The molecule has 23 heavy (non-hydrogen) atoms. The maximum atomic E-state index is 12.0. The normalized spacial score (nSPS) is 15.8. The molecule has 0 aliphatic carbocycles. The topological polar surface area (TPSA) is 67.2 Å². The summed E-state index contributed by atoms with van der Waals surface area (Å²) in [5.41, 5.74) is 0. The summed E-state index contributed by atoms with van der Waals surface area (Å²) in [4.78, 5) is 29.9. The molecule has 2 rings (SSSR count). The van der Waals surface area contributed by atoms with Gasteiger partial charge in [0, 0.05) is 44.4 Å². The number of nitrogens with one attached hydrogen (secondary N) is 1. The third-order valence-electron chi connectivity index (χ3n) is 4.17. The van der Waals surface area contributed by atoms with Crippen molar-refractivity contribution >= 4 is 11.8 Å². The standard InChI is InChI=1S/C17H28N4O2/c1-14(2)17-19-9-12-20(17)11-6-8-18-15(22)13-21-10-5-3-4-7-16(21)23/h9,12,14H,3-8,10-11,13H2,1-2H3,(H,18,22). The smallest absolute Gasteiger partial charge is 0.239 e.